The molecule has 0 saturated carbocycles. The summed E-state index contributed by atoms with van der Waals surface area (Å²) in [4.78, 5) is 0. The Balaban J connectivity index is 1.95. The average Bonchev–Trinajstić information content (AvgIpc) is 2.90. The van der Waals surface area contributed by atoms with Crippen molar-refractivity contribution in [3.8, 4) is 22.6 Å². The molecule has 2 aromatic carbocycles. The molecule has 0 aliphatic heterocycles. The Morgan fingerprint density at radius 3 is 1.84 bits per heavy atom. The summed E-state index contributed by atoms with van der Waals surface area (Å²) in [7, 11) is 0. The van der Waals surface area contributed by atoms with E-state index in [-0.39, 0.29) is 0 Å². The number of benzene rings is 2. The molecule has 94 valence electrons. The largest absolute Gasteiger partial charge is 0.356 e. The lowest BCUT2D eigenvalue weighted by atomic mass is 10.1. The molecule has 0 radical (unpaired) electrons. The molecule has 1 heterocycles. The highest BCUT2D eigenvalue weighted by Gasteiger charge is 2.08. The molecule has 1 aromatic heterocycles. The van der Waals surface area contributed by atoms with Gasteiger partial charge in [0.1, 0.15) is 5.69 Å². The van der Waals surface area contributed by atoms with Gasteiger partial charge in [0.15, 0.2) is 5.76 Å². The third-order valence-corrected chi connectivity index (χ3v) is 3.19. The maximum absolute atomic E-state index is 5.43. The lowest BCUT2D eigenvalue weighted by Gasteiger charge is -1.96. The van der Waals surface area contributed by atoms with E-state index in [4.69, 9.17) is 4.52 Å². The van der Waals surface area contributed by atoms with E-state index < -0.39 is 0 Å². The third-order valence-electron chi connectivity index (χ3n) is 3.19. The molecule has 0 saturated heterocycles. The van der Waals surface area contributed by atoms with Gasteiger partial charge >= 0.3 is 0 Å². The highest BCUT2D eigenvalue weighted by molar-refractivity contribution is 5.66. The normalized spacial score (nSPS) is 10.6. The number of hydrogen-bond acceptors (Lipinski definition) is 2. The number of aromatic nitrogens is 1. The predicted octanol–water partition coefficient (Wildman–Crippen LogP) is 4.63. The van der Waals surface area contributed by atoms with E-state index >= 15 is 0 Å². The summed E-state index contributed by atoms with van der Waals surface area (Å²) >= 11 is 0. The van der Waals surface area contributed by atoms with Gasteiger partial charge in [-0.25, -0.2) is 0 Å². The molecule has 2 heteroatoms. The van der Waals surface area contributed by atoms with Crippen molar-refractivity contribution in [2.45, 2.75) is 13.8 Å². The molecule has 0 N–H and O–H groups in total. The third kappa shape index (κ3) is 2.43. The molecular weight excluding hydrogens is 234 g/mol. The van der Waals surface area contributed by atoms with Crippen LogP contribution in [0.15, 0.2) is 59.1 Å². The zero-order valence-electron chi connectivity index (χ0n) is 11.1. The molecule has 0 spiro atoms. The number of hydrogen-bond donors (Lipinski definition) is 0. The van der Waals surface area contributed by atoms with Crippen molar-refractivity contribution in [3.05, 3.63) is 65.7 Å². The predicted molar refractivity (Wildman–Crippen MR) is 76.8 cm³/mol. The number of rotatable bonds is 2. The van der Waals surface area contributed by atoms with Gasteiger partial charge in [0.2, 0.25) is 0 Å². The van der Waals surface area contributed by atoms with Crippen LogP contribution in [0, 0.1) is 13.8 Å². The minimum absolute atomic E-state index is 0.801. The van der Waals surface area contributed by atoms with Crippen LogP contribution < -0.4 is 0 Å². The molecule has 0 unspecified atom stereocenters. The highest BCUT2D eigenvalue weighted by Crippen LogP contribution is 2.26. The van der Waals surface area contributed by atoms with E-state index in [0.29, 0.717) is 0 Å². The van der Waals surface area contributed by atoms with Crippen molar-refractivity contribution in [1.29, 1.82) is 0 Å². The lowest BCUT2D eigenvalue weighted by molar-refractivity contribution is 0.435. The van der Waals surface area contributed by atoms with Crippen LogP contribution >= 0.6 is 0 Å². The summed E-state index contributed by atoms with van der Waals surface area (Å²) in [5.74, 6) is 0.801. The zero-order chi connectivity index (χ0) is 13.2. The number of nitrogens with zero attached hydrogens (tertiary/aromatic N) is 1. The van der Waals surface area contributed by atoms with Crippen molar-refractivity contribution < 1.29 is 4.52 Å². The van der Waals surface area contributed by atoms with Crippen molar-refractivity contribution in [1.82, 2.24) is 5.16 Å². The fraction of sp³-hybridized carbons (Fsp3) is 0.118. The maximum Gasteiger partial charge on any atom is 0.167 e. The van der Waals surface area contributed by atoms with E-state index in [1.54, 1.807) is 0 Å². The summed E-state index contributed by atoms with van der Waals surface area (Å²) in [5.41, 5.74) is 5.48. The molecule has 3 rings (SSSR count). The second-order valence-electron chi connectivity index (χ2n) is 4.81. The van der Waals surface area contributed by atoms with Crippen LogP contribution in [-0.4, -0.2) is 5.16 Å². The molecule has 0 atom stereocenters. The molecule has 0 fully saturated rings. The van der Waals surface area contributed by atoms with Gasteiger partial charge in [0, 0.05) is 17.2 Å². The fourth-order valence-electron chi connectivity index (χ4n) is 1.99. The lowest BCUT2D eigenvalue weighted by Crippen LogP contribution is -1.77. The van der Waals surface area contributed by atoms with E-state index in [1.165, 1.54) is 11.1 Å². The van der Waals surface area contributed by atoms with Crippen LogP contribution in [0.2, 0.25) is 0 Å². The fourth-order valence-corrected chi connectivity index (χ4v) is 1.99. The summed E-state index contributed by atoms with van der Waals surface area (Å²) in [6, 6.07) is 18.5. The van der Waals surface area contributed by atoms with Gasteiger partial charge in [-0.3, -0.25) is 0 Å². The van der Waals surface area contributed by atoms with Gasteiger partial charge < -0.3 is 4.52 Å². The Bertz CT molecular complexity index is 618. The van der Waals surface area contributed by atoms with Gasteiger partial charge in [-0.15, -0.1) is 0 Å². The quantitative estimate of drug-likeness (QED) is 0.662. The Morgan fingerprint density at radius 1 is 0.737 bits per heavy atom. The molecule has 19 heavy (non-hydrogen) atoms. The zero-order valence-corrected chi connectivity index (χ0v) is 11.1. The van der Waals surface area contributed by atoms with Gasteiger partial charge in [0.05, 0.1) is 0 Å². The SMILES string of the molecule is Cc1ccc(-c2cc(-c3ccc(C)cc3)on2)cc1. The first kappa shape index (κ1) is 11.7. The van der Waals surface area contributed by atoms with Crippen LogP contribution in [0.4, 0.5) is 0 Å². The van der Waals surface area contributed by atoms with Crippen molar-refractivity contribution in [2.75, 3.05) is 0 Å². The van der Waals surface area contributed by atoms with Gasteiger partial charge in [-0.1, -0.05) is 64.8 Å². The van der Waals surface area contributed by atoms with E-state index in [0.717, 1.165) is 22.6 Å². The molecule has 0 aliphatic carbocycles. The topological polar surface area (TPSA) is 26.0 Å². The van der Waals surface area contributed by atoms with Gasteiger partial charge in [0.25, 0.3) is 0 Å². The molecule has 0 aliphatic rings. The summed E-state index contributed by atoms with van der Waals surface area (Å²) < 4.78 is 5.43. The first-order chi connectivity index (χ1) is 9.22. The molecule has 0 bridgehead atoms. The van der Waals surface area contributed by atoms with Crippen LogP contribution in [-0.2, 0) is 0 Å². The van der Waals surface area contributed by atoms with Crippen molar-refractivity contribution in [2.24, 2.45) is 0 Å². The van der Waals surface area contributed by atoms with Crippen LogP contribution in [0.5, 0.6) is 0 Å². The van der Waals surface area contributed by atoms with Gasteiger partial charge in [-0.2, -0.15) is 0 Å². The Morgan fingerprint density at radius 2 is 1.26 bits per heavy atom. The molecule has 2 nitrogen and oxygen atoms in total. The molecule has 3 aromatic rings. The first-order valence-electron chi connectivity index (χ1n) is 6.33. The van der Waals surface area contributed by atoms with Crippen molar-refractivity contribution >= 4 is 0 Å². The average molecular weight is 249 g/mol. The first-order valence-corrected chi connectivity index (χ1v) is 6.33. The Hall–Kier alpha value is -2.35. The molecular formula is C17H15NO. The monoisotopic (exact) mass is 249 g/mol. The Labute approximate surface area is 112 Å². The summed E-state index contributed by atoms with van der Waals surface area (Å²) in [5, 5.41) is 4.14. The van der Waals surface area contributed by atoms with E-state index in [2.05, 4.69) is 67.5 Å². The summed E-state index contributed by atoms with van der Waals surface area (Å²) in [6.45, 7) is 4.15. The Kier molecular flexibility index (Phi) is 2.92. The van der Waals surface area contributed by atoms with E-state index in [9.17, 15) is 0 Å². The second-order valence-corrected chi connectivity index (χ2v) is 4.81. The molecule has 0 amide bonds. The minimum atomic E-state index is 0.801. The highest BCUT2D eigenvalue weighted by atomic mass is 16.5. The van der Waals surface area contributed by atoms with Gasteiger partial charge in [-0.05, 0) is 13.8 Å². The standard InChI is InChI=1S/C17H15NO/c1-12-3-7-14(8-4-12)16-11-17(19-18-16)15-9-5-13(2)6-10-15/h3-11H,1-2H3. The number of aryl methyl sites for hydroxylation is 2. The maximum atomic E-state index is 5.43. The van der Waals surface area contributed by atoms with Crippen molar-refractivity contribution in [3.63, 3.8) is 0 Å². The summed E-state index contributed by atoms with van der Waals surface area (Å²) in [6.07, 6.45) is 0. The van der Waals surface area contributed by atoms with Crippen LogP contribution in [0.3, 0.4) is 0 Å². The van der Waals surface area contributed by atoms with Crippen LogP contribution in [0.1, 0.15) is 11.1 Å². The smallest absolute Gasteiger partial charge is 0.167 e. The second kappa shape index (κ2) is 4.73. The van der Waals surface area contributed by atoms with Crippen LogP contribution in [0.25, 0.3) is 22.6 Å². The minimum Gasteiger partial charge on any atom is -0.356 e. The van der Waals surface area contributed by atoms with E-state index in [1.807, 2.05) is 6.07 Å².